The lowest BCUT2D eigenvalue weighted by Gasteiger charge is -2.06. The number of hydrogen-bond acceptors (Lipinski definition) is 1. The Balaban J connectivity index is 1.59. The van der Waals surface area contributed by atoms with Gasteiger partial charge in [0.05, 0.1) is 6.26 Å². The van der Waals surface area contributed by atoms with E-state index in [-0.39, 0.29) is 0 Å². The van der Waals surface area contributed by atoms with Crippen molar-refractivity contribution >= 4 is 0 Å². The molecule has 0 saturated heterocycles. The number of hydrogen-bond donors (Lipinski definition) is 0. The first-order chi connectivity index (χ1) is 11.8. The van der Waals surface area contributed by atoms with Crippen LogP contribution < -0.4 is 0 Å². The van der Waals surface area contributed by atoms with Crippen LogP contribution >= 0.6 is 0 Å². The summed E-state index contributed by atoms with van der Waals surface area (Å²) in [7, 11) is 0. The van der Waals surface area contributed by atoms with Gasteiger partial charge in [0, 0.05) is 5.56 Å². The molecule has 0 N–H and O–H groups in total. The molecule has 0 aliphatic carbocycles. The summed E-state index contributed by atoms with van der Waals surface area (Å²) in [6, 6.07) is 29.7. The molecular formula is C23H18O. The zero-order chi connectivity index (χ0) is 16.4. The molecule has 24 heavy (non-hydrogen) atoms. The third-order valence-electron chi connectivity index (χ3n) is 4.29. The summed E-state index contributed by atoms with van der Waals surface area (Å²) < 4.78 is 5.44. The first kappa shape index (κ1) is 14.5. The number of benzene rings is 3. The Morgan fingerprint density at radius 2 is 0.917 bits per heavy atom. The lowest BCUT2D eigenvalue weighted by Crippen LogP contribution is -1.81. The fraction of sp³-hybridized carbons (Fsp3) is 0.0435. The van der Waals surface area contributed by atoms with Crippen LogP contribution in [0.4, 0.5) is 0 Å². The van der Waals surface area contributed by atoms with Crippen molar-refractivity contribution in [1.82, 2.24) is 0 Å². The molecule has 1 nitrogen and oxygen atoms in total. The van der Waals surface area contributed by atoms with Crippen LogP contribution in [0.3, 0.4) is 0 Å². The minimum atomic E-state index is 0.899. The maximum atomic E-state index is 5.44. The fourth-order valence-electron chi connectivity index (χ4n) is 2.87. The predicted molar refractivity (Wildman–Crippen MR) is 99.8 cm³/mol. The smallest absolute Gasteiger partial charge is 0.133 e. The molecule has 0 amide bonds. The van der Waals surface area contributed by atoms with Gasteiger partial charge in [0.2, 0.25) is 0 Å². The Bertz CT molecular complexity index is 913. The molecule has 0 radical (unpaired) electrons. The third-order valence-corrected chi connectivity index (χ3v) is 4.29. The van der Waals surface area contributed by atoms with Crippen LogP contribution in [0, 0.1) is 6.92 Å². The zero-order valence-corrected chi connectivity index (χ0v) is 13.6. The van der Waals surface area contributed by atoms with Gasteiger partial charge in [0.1, 0.15) is 5.76 Å². The second-order valence-corrected chi connectivity index (χ2v) is 6.00. The molecule has 1 heterocycles. The van der Waals surface area contributed by atoms with Gasteiger partial charge in [-0.3, -0.25) is 0 Å². The average molecular weight is 310 g/mol. The minimum Gasteiger partial charge on any atom is -0.464 e. The molecule has 4 aromatic rings. The summed E-state index contributed by atoms with van der Waals surface area (Å²) in [5, 5.41) is 0. The largest absolute Gasteiger partial charge is 0.464 e. The highest BCUT2D eigenvalue weighted by Gasteiger charge is 2.03. The summed E-state index contributed by atoms with van der Waals surface area (Å²) in [5.41, 5.74) is 7.30. The molecule has 0 spiro atoms. The quantitative estimate of drug-likeness (QED) is 0.416. The molecule has 0 saturated carbocycles. The zero-order valence-electron chi connectivity index (χ0n) is 13.6. The highest BCUT2D eigenvalue weighted by Crippen LogP contribution is 2.27. The predicted octanol–water partition coefficient (Wildman–Crippen LogP) is 6.59. The van der Waals surface area contributed by atoms with E-state index in [4.69, 9.17) is 4.42 Å². The monoisotopic (exact) mass is 310 g/mol. The molecule has 0 bridgehead atoms. The molecule has 0 aliphatic rings. The normalized spacial score (nSPS) is 10.7. The van der Waals surface area contributed by atoms with Crippen LogP contribution in [0.5, 0.6) is 0 Å². The van der Waals surface area contributed by atoms with Gasteiger partial charge in [-0.05, 0) is 41.3 Å². The van der Waals surface area contributed by atoms with E-state index in [0.717, 1.165) is 11.3 Å². The van der Waals surface area contributed by atoms with Crippen molar-refractivity contribution in [2.24, 2.45) is 0 Å². The van der Waals surface area contributed by atoms with E-state index in [1.165, 1.54) is 27.8 Å². The molecule has 1 heteroatoms. The van der Waals surface area contributed by atoms with E-state index >= 15 is 0 Å². The SMILES string of the molecule is Cc1ccc(-c2ccc(-c3ccc(-c4ccco4)cc3)cc2)cc1. The lowest BCUT2D eigenvalue weighted by atomic mass is 9.99. The van der Waals surface area contributed by atoms with Crippen LogP contribution in [-0.2, 0) is 0 Å². The van der Waals surface area contributed by atoms with Crippen LogP contribution in [0.2, 0.25) is 0 Å². The maximum absolute atomic E-state index is 5.44. The van der Waals surface area contributed by atoms with Crippen LogP contribution in [0.25, 0.3) is 33.6 Å². The molecular weight excluding hydrogens is 292 g/mol. The van der Waals surface area contributed by atoms with Crippen molar-refractivity contribution in [3.05, 3.63) is 96.8 Å². The van der Waals surface area contributed by atoms with Gasteiger partial charge in [0.25, 0.3) is 0 Å². The number of rotatable bonds is 3. The van der Waals surface area contributed by atoms with Crippen molar-refractivity contribution in [3.8, 4) is 33.6 Å². The van der Waals surface area contributed by atoms with Crippen LogP contribution in [0.15, 0.2) is 95.6 Å². The van der Waals surface area contributed by atoms with E-state index in [1.807, 2.05) is 12.1 Å². The van der Waals surface area contributed by atoms with Crippen LogP contribution in [0.1, 0.15) is 5.56 Å². The molecule has 1 aromatic heterocycles. The van der Waals surface area contributed by atoms with Crippen molar-refractivity contribution < 1.29 is 4.42 Å². The van der Waals surface area contributed by atoms with Gasteiger partial charge in [-0.1, -0.05) is 78.4 Å². The van der Waals surface area contributed by atoms with Crippen molar-refractivity contribution in [3.63, 3.8) is 0 Å². The molecule has 3 aromatic carbocycles. The standard InChI is InChI=1S/C23H18O/c1-17-4-6-18(7-5-17)19-8-10-20(11-9-19)21-12-14-22(15-13-21)23-3-2-16-24-23/h2-16H,1H3. The molecule has 0 aliphatic heterocycles. The molecule has 0 fully saturated rings. The van der Waals surface area contributed by atoms with E-state index in [2.05, 4.69) is 79.7 Å². The molecule has 116 valence electrons. The summed E-state index contributed by atoms with van der Waals surface area (Å²) in [5.74, 6) is 0.899. The molecule has 0 unspecified atom stereocenters. The van der Waals surface area contributed by atoms with Gasteiger partial charge in [-0.25, -0.2) is 0 Å². The van der Waals surface area contributed by atoms with Gasteiger partial charge >= 0.3 is 0 Å². The maximum Gasteiger partial charge on any atom is 0.133 e. The van der Waals surface area contributed by atoms with Crippen LogP contribution in [-0.4, -0.2) is 0 Å². The Kier molecular flexibility index (Phi) is 3.76. The van der Waals surface area contributed by atoms with Gasteiger partial charge in [-0.2, -0.15) is 0 Å². The lowest BCUT2D eigenvalue weighted by molar-refractivity contribution is 0.582. The minimum absolute atomic E-state index is 0.899. The first-order valence-corrected chi connectivity index (χ1v) is 8.11. The third kappa shape index (κ3) is 2.89. The second kappa shape index (κ2) is 6.21. The Morgan fingerprint density at radius 3 is 1.33 bits per heavy atom. The Morgan fingerprint density at radius 1 is 0.500 bits per heavy atom. The van der Waals surface area contributed by atoms with Gasteiger partial charge in [-0.15, -0.1) is 0 Å². The van der Waals surface area contributed by atoms with Crippen molar-refractivity contribution in [2.75, 3.05) is 0 Å². The number of furan rings is 1. The van der Waals surface area contributed by atoms with E-state index in [1.54, 1.807) is 6.26 Å². The average Bonchev–Trinajstić information content (AvgIpc) is 3.17. The summed E-state index contributed by atoms with van der Waals surface area (Å²) in [6.45, 7) is 2.11. The summed E-state index contributed by atoms with van der Waals surface area (Å²) >= 11 is 0. The summed E-state index contributed by atoms with van der Waals surface area (Å²) in [6.07, 6.45) is 1.70. The molecule has 4 rings (SSSR count). The van der Waals surface area contributed by atoms with Crippen molar-refractivity contribution in [1.29, 1.82) is 0 Å². The Hall–Kier alpha value is -3.06. The first-order valence-electron chi connectivity index (χ1n) is 8.11. The number of aryl methyl sites for hydroxylation is 1. The van der Waals surface area contributed by atoms with Gasteiger partial charge in [0.15, 0.2) is 0 Å². The summed E-state index contributed by atoms with van der Waals surface area (Å²) in [4.78, 5) is 0. The molecule has 0 atom stereocenters. The van der Waals surface area contributed by atoms with E-state index < -0.39 is 0 Å². The van der Waals surface area contributed by atoms with E-state index in [9.17, 15) is 0 Å². The highest BCUT2D eigenvalue weighted by atomic mass is 16.3. The highest BCUT2D eigenvalue weighted by molar-refractivity contribution is 5.72. The van der Waals surface area contributed by atoms with Gasteiger partial charge < -0.3 is 4.42 Å². The van der Waals surface area contributed by atoms with Crippen molar-refractivity contribution in [2.45, 2.75) is 6.92 Å². The fourth-order valence-corrected chi connectivity index (χ4v) is 2.87. The topological polar surface area (TPSA) is 13.1 Å². The van der Waals surface area contributed by atoms with E-state index in [0.29, 0.717) is 0 Å². The second-order valence-electron chi connectivity index (χ2n) is 6.00. The Labute approximate surface area is 142 Å².